The molecular weight excluding hydrogens is 156 g/mol. The summed E-state index contributed by atoms with van der Waals surface area (Å²) >= 11 is 0. The fourth-order valence-electron chi connectivity index (χ4n) is 1.42. The molecule has 1 aliphatic rings. The van der Waals surface area contributed by atoms with Crippen LogP contribution in [-0.2, 0) is 9.47 Å². The third-order valence-electron chi connectivity index (χ3n) is 2.06. The van der Waals surface area contributed by atoms with E-state index >= 15 is 0 Å². The summed E-state index contributed by atoms with van der Waals surface area (Å²) < 4.78 is 9.55. The Labute approximate surface area is 71.3 Å². The topological polar surface area (TPSA) is 66.0 Å². The molecule has 0 unspecified atom stereocenters. The van der Waals surface area contributed by atoms with Crippen molar-refractivity contribution in [2.75, 3.05) is 0 Å². The number of hydrogen-bond donors (Lipinski definition) is 0. The first-order chi connectivity index (χ1) is 5.86. The third-order valence-corrected chi connectivity index (χ3v) is 2.06. The molecule has 0 bridgehead atoms. The Balaban J connectivity index is 2.22. The number of nitriles is 2. The van der Waals surface area contributed by atoms with E-state index in [9.17, 15) is 0 Å². The van der Waals surface area contributed by atoms with Gasteiger partial charge in [0.2, 0.25) is 0 Å². The standard InChI is InChI=1S/C8H10N2O2/c9-5-11-7-1-2-8(4-3-7)12-6-10/h7-8H,1-4H2/t7-,8-. The molecule has 0 N–H and O–H groups in total. The Hall–Kier alpha value is -1.42. The molecule has 1 fully saturated rings. The van der Waals surface area contributed by atoms with Gasteiger partial charge in [0.1, 0.15) is 12.2 Å². The van der Waals surface area contributed by atoms with E-state index in [4.69, 9.17) is 20.0 Å². The van der Waals surface area contributed by atoms with Crippen LogP contribution < -0.4 is 0 Å². The molecule has 0 aliphatic heterocycles. The molecule has 1 aliphatic carbocycles. The lowest BCUT2D eigenvalue weighted by atomic mass is 9.95. The lowest BCUT2D eigenvalue weighted by Crippen LogP contribution is -2.24. The molecular formula is C8H10N2O2. The van der Waals surface area contributed by atoms with Gasteiger partial charge in [0, 0.05) is 0 Å². The zero-order chi connectivity index (χ0) is 8.81. The van der Waals surface area contributed by atoms with Gasteiger partial charge in [-0.1, -0.05) is 0 Å². The van der Waals surface area contributed by atoms with E-state index in [1.807, 2.05) is 0 Å². The second-order valence-corrected chi connectivity index (χ2v) is 2.82. The quantitative estimate of drug-likeness (QED) is 0.580. The minimum Gasteiger partial charge on any atom is -0.424 e. The van der Waals surface area contributed by atoms with Gasteiger partial charge in [-0.05, 0) is 25.7 Å². The Morgan fingerprint density at radius 2 is 1.17 bits per heavy atom. The lowest BCUT2D eigenvalue weighted by Gasteiger charge is -2.24. The highest BCUT2D eigenvalue weighted by Gasteiger charge is 2.22. The van der Waals surface area contributed by atoms with Gasteiger partial charge in [0.15, 0.2) is 0 Å². The lowest BCUT2D eigenvalue weighted by molar-refractivity contribution is 0.0481. The van der Waals surface area contributed by atoms with E-state index < -0.39 is 0 Å². The first-order valence-corrected chi connectivity index (χ1v) is 3.96. The molecule has 0 spiro atoms. The van der Waals surface area contributed by atoms with Crippen molar-refractivity contribution in [3.8, 4) is 12.5 Å². The Morgan fingerprint density at radius 3 is 1.42 bits per heavy atom. The number of ether oxygens (including phenoxy) is 2. The summed E-state index contributed by atoms with van der Waals surface area (Å²) in [4.78, 5) is 0. The Morgan fingerprint density at radius 1 is 0.833 bits per heavy atom. The number of nitrogens with zero attached hydrogens (tertiary/aromatic N) is 2. The van der Waals surface area contributed by atoms with E-state index in [-0.39, 0.29) is 12.2 Å². The van der Waals surface area contributed by atoms with Gasteiger partial charge in [0.05, 0.1) is 0 Å². The van der Waals surface area contributed by atoms with E-state index in [1.165, 1.54) is 0 Å². The highest BCUT2D eigenvalue weighted by atomic mass is 16.5. The average Bonchev–Trinajstić information content (AvgIpc) is 2.09. The molecule has 0 aromatic heterocycles. The molecule has 12 heavy (non-hydrogen) atoms. The van der Waals surface area contributed by atoms with Crippen molar-refractivity contribution >= 4 is 0 Å². The summed E-state index contributed by atoms with van der Waals surface area (Å²) in [6.07, 6.45) is 6.65. The number of hydrogen-bond acceptors (Lipinski definition) is 4. The molecule has 0 saturated heterocycles. The van der Waals surface area contributed by atoms with Crippen molar-refractivity contribution in [2.45, 2.75) is 37.9 Å². The normalized spacial score (nSPS) is 28.2. The maximum Gasteiger partial charge on any atom is 0.286 e. The molecule has 0 radical (unpaired) electrons. The molecule has 1 rings (SSSR count). The van der Waals surface area contributed by atoms with E-state index in [0.717, 1.165) is 25.7 Å². The predicted molar refractivity (Wildman–Crippen MR) is 39.4 cm³/mol. The zero-order valence-corrected chi connectivity index (χ0v) is 6.69. The summed E-state index contributed by atoms with van der Waals surface area (Å²) in [5.74, 6) is 0. The molecule has 1 saturated carbocycles. The van der Waals surface area contributed by atoms with Crippen LogP contribution in [0.15, 0.2) is 0 Å². The second kappa shape index (κ2) is 4.46. The van der Waals surface area contributed by atoms with E-state index in [0.29, 0.717) is 0 Å². The predicted octanol–water partition coefficient (Wildman–Crippen LogP) is 1.29. The molecule has 0 aromatic rings. The van der Waals surface area contributed by atoms with Crippen molar-refractivity contribution in [3.63, 3.8) is 0 Å². The van der Waals surface area contributed by atoms with Crippen molar-refractivity contribution < 1.29 is 9.47 Å². The summed E-state index contributed by atoms with van der Waals surface area (Å²) in [7, 11) is 0. The smallest absolute Gasteiger partial charge is 0.286 e. The second-order valence-electron chi connectivity index (χ2n) is 2.82. The maximum absolute atomic E-state index is 8.23. The van der Waals surface area contributed by atoms with E-state index in [1.54, 1.807) is 12.5 Å². The minimum absolute atomic E-state index is 0.0357. The molecule has 0 aromatic carbocycles. The van der Waals surface area contributed by atoms with Crippen LogP contribution in [0.1, 0.15) is 25.7 Å². The van der Waals surface area contributed by atoms with Crippen molar-refractivity contribution in [1.82, 2.24) is 0 Å². The molecule has 0 atom stereocenters. The monoisotopic (exact) mass is 166 g/mol. The van der Waals surface area contributed by atoms with Crippen LogP contribution >= 0.6 is 0 Å². The zero-order valence-electron chi connectivity index (χ0n) is 6.69. The van der Waals surface area contributed by atoms with Crippen molar-refractivity contribution in [1.29, 1.82) is 10.5 Å². The fraction of sp³-hybridized carbons (Fsp3) is 0.750. The van der Waals surface area contributed by atoms with Crippen LogP contribution in [0, 0.1) is 23.0 Å². The van der Waals surface area contributed by atoms with Crippen LogP contribution in [0.5, 0.6) is 0 Å². The fourth-order valence-corrected chi connectivity index (χ4v) is 1.42. The third kappa shape index (κ3) is 2.32. The van der Waals surface area contributed by atoms with Gasteiger partial charge >= 0.3 is 0 Å². The van der Waals surface area contributed by atoms with Crippen LogP contribution in [0.25, 0.3) is 0 Å². The van der Waals surface area contributed by atoms with Gasteiger partial charge in [-0.25, -0.2) is 0 Å². The van der Waals surface area contributed by atoms with Crippen LogP contribution in [-0.4, -0.2) is 12.2 Å². The maximum atomic E-state index is 8.23. The molecule has 0 amide bonds. The van der Waals surface area contributed by atoms with Gasteiger partial charge < -0.3 is 9.47 Å². The summed E-state index contributed by atoms with van der Waals surface area (Å²) in [6.45, 7) is 0. The molecule has 64 valence electrons. The van der Waals surface area contributed by atoms with Gasteiger partial charge in [0.25, 0.3) is 12.5 Å². The van der Waals surface area contributed by atoms with Gasteiger partial charge in [-0.15, -0.1) is 0 Å². The first kappa shape index (κ1) is 8.67. The summed E-state index contributed by atoms with van der Waals surface area (Å²) in [5.41, 5.74) is 0. The Kier molecular flexibility index (Phi) is 3.22. The molecule has 4 heteroatoms. The van der Waals surface area contributed by atoms with Crippen LogP contribution in [0.2, 0.25) is 0 Å². The minimum atomic E-state index is 0.0357. The van der Waals surface area contributed by atoms with Crippen LogP contribution in [0.4, 0.5) is 0 Å². The first-order valence-electron chi connectivity index (χ1n) is 3.96. The van der Waals surface area contributed by atoms with Crippen molar-refractivity contribution in [3.05, 3.63) is 0 Å². The SMILES string of the molecule is N#CO[C@H]1CC[C@H](OC#N)CC1. The van der Waals surface area contributed by atoms with Gasteiger partial charge in [-0.3, -0.25) is 0 Å². The highest BCUT2D eigenvalue weighted by Crippen LogP contribution is 2.22. The largest absolute Gasteiger partial charge is 0.424 e. The van der Waals surface area contributed by atoms with Gasteiger partial charge in [-0.2, -0.15) is 10.5 Å². The number of rotatable bonds is 2. The highest BCUT2D eigenvalue weighted by molar-refractivity contribution is 4.76. The average molecular weight is 166 g/mol. The van der Waals surface area contributed by atoms with Crippen LogP contribution in [0.3, 0.4) is 0 Å². The Bertz CT molecular complexity index is 184. The molecule has 0 heterocycles. The van der Waals surface area contributed by atoms with E-state index in [2.05, 4.69) is 0 Å². The van der Waals surface area contributed by atoms with Crippen molar-refractivity contribution in [2.24, 2.45) is 0 Å². The summed E-state index contributed by atoms with van der Waals surface area (Å²) in [6, 6.07) is 0. The molecule has 4 nitrogen and oxygen atoms in total. The summed E-state index contributed by atoms with van der Waals surface area (Å²) in [5, 5.41) is 16.5.